The van der Waals surface area contributed by atoms with Crippen molar-refractivity contribution in [2.75, 3.05) is 12.4 Å². The van der Waals surface area contributed by atoms with Gasteiger partial charge in [-0.2, -0.15) is 0 Å². The molecule has 1 fully saturated rings. The maximum Gasteiger partial charge on any atom is 0.223 e. The number of nitrogens with zero attached hydrogens (tertiary/aromatic N) is 2. The molecule has 122 valence electrons. The first-order chi connectivity index (χ1) is 11.2. The summed E-state index contributed by atoms with van der Waals surface area (Å²) in [5.41, 5.74) is 1.69. The Hall–Kier alpha value is -1.81. The first-order valence-electron chi connectivity index (χ1n) is 8.09. The molecule has 4 nitrogen and oxygen atoms in total. The molecular formula is C18H22ClN3O. The summed E-state index contributed by atoms with van der Waals surface area (Å²) in [5, 5.41) is 4.13. The second kappa shape index (κ2) is 7.18. The van der Waals surface area contributed by atoms with E-state index in [1.165, 1.54) is 25.7 Å². The lowest BCUT2D eigenvalue weighted by Gasteiger charge is -2.26. The Kier molecular flexibility index (Phi) is 5.01. The van der Waals surface area contributed by atoms with Crippen LogP contribution in [-0.4, -0.2) is 23.1 Å². The maximum absolute atomic E-state index is 6.12. The SMILES string of the molecule is COc1ccc(Cl)cc1-c1ccnc(N[C@H]2CC[C@@H](C)CC2)n1. The van der Waals surface area contributed by atoms with Crippen molar-refractivity contribution >= 4 is 17.5 Å². The summed E-state index contributed by atoms with van der Waals surface area (Å²) >= 11 is 6.12. The average Bonchev–Trinajstić information content (AvgIpc) is 2.57. The standard InChI is InChI=1S/C18H22ClN3O/c1-12-3-6-14(7-4-12)21-18-20-10-9-16(22-18)15-11-13(19)5-8-17(15)23-2/h5,8-12,14H,3-4,6-7H2,1-2H3,(H,20,21,22)/t12-,14+. The Balaban J connectivity index is 1.81. The molecule has 0 atom stereocenters. The molecule has 1 aliphatic carbocycles. The third-order valence-electron chi connectivity index (χ3n) is 4.44. The van der Waals surface area contributed by atoms with E-state index in [2.05, 4.69) is 22.2 Å². The van der Waals surface area contributed by atoms with Crippen molar-refractivity contribution in [2.24, 2.45) is 5.92 Å². The van der Waals surface area contributed by atoms with Crippen LogP contribution in [0.25, 0.3) is 11.3 Å². The molecule has 1 heterocycles. The summed E-state index contributed by atoms with van der Waals surface area (Å²) in [6.45, 7) is 2.32. The quantitative estimate of drug-likeness (QED) is 0.874. The molecule has 23 heavy (non-hydrogen) atoms. The molecule has 0 amide bonds. The summed E-state index contributed by atoms with van der Waals surface area (Å²) in [5.74, 6) is 2.26. The van der Waals surface area contributed by atoms with Gasteiger partial charge in [-0.25, -0.2) is 9.97 Å². The second-order valence-electron chi connectivity index (χ2n) is 6.21. The van der Waals surface area contributed by atoms with Gasteiger partial charge in [0.2, 0.25) is 5.95 Å². The minimum absolute atomic E-state index is 0.461. The smallest absolute Gasteiger partial charge is 0.223 e. The van der Waals surface area contributed by atoms with Crippen LogP contribution in [0.1, 0.15) is 32.6 Å². The lowest BCUT2D eigenvalue weighted by atomic mass is 9.87. The fourth-order valence-corrected chi connectivity index (χ4v) is 3.22. The third-order valence-corrected chi connectivity index (χ3v) is 4.68. The number of halogens is 1. The van der Waals surface area contributed by atoms with E-state index >= 15 is 0 Å². The largest absolute Gasteiger partial charge is 0.496 e. The summed E-state index contributed by atoms with van der Waals surface area (Å²) in [7, 11) is 1.65. The number of anilines is 1. The van der Waals surface area contributed by atoms with Crippen LogP contribution in [0.15, 0.2) is 30.5 Å². The van der Waals surface area contributed by atoms with Gasteiger partial charge in [0.15, 0.2) is 0 Å². The first-order valence-corrected chi connectivity index (χ1v) is 8.47. The molecule has 1 saturated carbocycles. The highest BCUT2D eigenvalue weighted by atomic mass is 35.5. The van der Waals surface area contributed by atoms with Crippen molar-refractivity contribution in [3.63, 3.8) is 0 Å². The Labute approximate surface area is 142 Å². The van der Waals surface area contributed by atoms with Crippen LogP contribution in [-0.2, 0) is 0 Å². The van der Waals surface area contributed by atoms with Crippen molar-refractivity contribution in [1.82, 2.24) is 9.97 Å². The Morgan fingerprint density at radius 1 is 1.17 bits per heavy atom. The number of hydrogen-bond acceptors (Lipinski definition) is 4. The number of hydrogen-bond donors (Lipinski definition) is 1. The van der Waals surface area contributed by atoms with E-state index in [9.17, 15) is 0 Å². The molecule has 3 rings (SSSR count). The molecule has 2 aromatic rings. The number of nitrogens with one attached hydrogen (secondary N) is 1. The van der Waals surface area contributed by atoms with Gasteiger partial charge in [-0.1, -0.05) is 18.5 Å². The van der Waals surface area contributed by atoms with Gasteiger partial charge >= 0.3 is 0 Å². The van der Waals surface area contributed by atoms with E-state index in [1.54, 1.807) is 13.3 Å². The third kappa shape index (κ3) is 3.94. The molecule has 0 saturated heterocycles. The Bertz CT molecular complexity index is 669. The molecule has 0 bridgehead atoms. The van der Waals surface area contributed by atoms with Crippen LogP contribution in [0.4, 0.5) is 5.95 Å². The molecule has 0 aliphatic heterocycles. The number of benzene rings is 1. The van der Waals surface area contributed by atoms with Gasteiger partial charge in [-0.15, -0.1) is 0 Å². The lowest BCUT2D eigenvalue weighted by molar-refractivity contribution is 0.360. The van der Waals surface area contributed by atoms with E-state index < -0.39 is 0 Å². The fraction of sp³-hybridized carbons (Fsp3) is 0.444. The predicted octanol–water partition coefficient (Wildman–Crippen LogP) is 4.80. The van der Waals surface area contributed by atoms with E-state index in [4.69, 9.17) is 16.3 Å². The van der Waals surface area contributed by atoms with Crippen molar-refractivity contribution in [3.8, 4) is 17.0 Å². The van der Waals surface area contributed by atoms with Crippen LogP contribution >= 0.6 is 11.6 Å². The maximum atomic E-state index is 6.12. The molecule has 1 aliphatic rings. The average molecular weight is 332 g/mol. The zero-order valence-electron chi connectivity index (χ0n) is 13.6. The lowest BCUT2D eigenvalue weighted by Crippen LogP contribution is -2.26. The van der Waals surface area contributed by atoms with Gasteiger partial charge in [0.1, 0.15) is 5.75 Å². The van der Waals surface area contributed by atoms with Crippen molar-refractivity contribution in [2.45, 2.75) is 38.6 Å². The number of rotatable bonds is 4. The molecule has 5 heteroatoms. The monoisotopic (exact) mass is 331 g/mol. The van der Waals surface area contributed by atoms with Crippen LogP contribution in [0, 0.1) is 5.92 Å². The van der Waals surface area contributed by atoms with Gasteiger partial charge < -0.3 is 10.1 Å². The van der Waals surface area contributed by atoms with Crippen molar-refractivity contribution < 1.29 is 4.74 Å². The molecule has 1 aromatic heterocycles. The molecular weight excluding hydrogens is 310 g/mol. The van der Waals surface area contributed by atoms with Gasteiger partial charge in [-0.3, -0.25) is 0 Å². The first kappa shape index (κ1) is 16.1. The molecule has 0 unspecified atom stereocenters. The van der Waals surface area contributed by atoms with Gasteiger partial charge in [0.05, 0.1) is 12.8 Å². The van der Waals surface area contributed by atoms with Crippen molar-refractivity contribution in [3.05, 3.63) is 35.5 Å². The molecule has 0 spiro atoms. The normalized spacial score (nSPS) is 21.0. The second-order valence-corrected chi connectivity index (χ2v) is 6.65. The Morgan fingerprint density at radius 3 is 2.70 bits per heavy atom. The summed E-state index contributed by atoms with van der Waals surface area (Å²) in [6, 6.07) is 7.88. The molecule has 1 N–H and O–H groups in total. The topological polar surface area (TPSA) is 47.0 Å². The van der Waals surface area contributed by atoms with Crippen LogP contribution in [0.3, 0.4) is 0 Å². The Morgan fingerprint density at radius 2 is 1.96 bits per heavy atom. The van der Waals surface area contributed by atoms with Gasteiger partial charge in [0, 0.05) is 22.8 Å². The zero-order chi connectivity index (χ0) is 16.2. The predicted molar refractivity (Wildman–Crippen MR) is 94.1 cm³/mol. The number of ether oxygens (including phenoxy) is 1. The highest BCUT2D eigenvalue weighted by Gasteiger charge is 2.19. The summed E-state index contributed by atoms with van der Waals surface area (Å²) in [4.78, 5) is 9.00. The minimum atomic E-state index is 0.461. The number of aromatic nitrogens is 2. The van der Waals surface area contributed by atoms with Crippen molar-refractivity contribution in [1.29, 1.82) is 0 Å². The van der Waals surface area contributed by atoms with E-state index in [0.29, 0.717) is 17.0 Å². The van der Waals surface area contributed by atoms with Crippen LogP contribution < -0.4 is 10.1 Å². The highest BCUT2D eigenvalue weighted by molar-refractivity contribution is 6.30. The van der Waals surface area contributed by atoms with Gasteiger partial charge in [0.25, 0.3) is 0 Å². The van der Waals surface area contributed by atoms with Crippen LogP contribution in [0.5, 0.6) is 5.75 Å². The highest BCUT2D eigenvalue weighted by Crippen LogP contribution is 2.32. The van der Waals surface area contributed by atoms with E-state index in [1.807, 2.05) is 24.3 Å². The molecule has 0 radical (unpaired) electrons. The zero-order valence-corrected chi connectivity index (χ0v) is 14.3. The van der Waals surface area contributed by atoms with E-state index in [0.717, 1.165) is 22.9 Å². The fourth-order valence-electron chi connectivity index (χ4n) is 3.05. The number of methoxy groups -OCH3 is 1. The van der Waals surface area contributed by atoms with Crippen LogP contribution in [0.2, 0.25) is 5.02 Å². The summed E-state index contributed by atoms with van der Waals surface area (Å²) < 4.78 is 5.42. The minimum Gasteiger partial charge on any atom is -0.496 e. The summed E-state index contributed by atoms with van der Waals surface area (Å²) in [6.07, 6.45) is 6.65. The molecule has 1 aromatic carbocycles. The van der Waals surface area contributed by atoms with E-state index in [-0.39, 0.29) is 0 Å². The van der Waals surface area contributed by atoms with Gasteiger partial charge in [-0.05, 0) is 55.9 Å².